The number of rotatable bonds is 4. The van der Waals surface area contributed by atoms with Crippen LogP contribution in [-0.4, -0.2) is 26.7 Å². The lowest BCUT2D eigenvalue weighted by Crippen LogP contribution is -2.15. The number of pyridine rings is 1. The maximum Gasteiger partial charge on any atom is 0.241 e. The van der Waals surface area contributed by atoms with Gasteiger partial charge in [0.1, 0.15) is 22.7 Å². The van der Waals surface area contributed by atoms with Crippen LogP contribution < -0.4 is 5.32 Å². The molecule has 2 aromatic heterocycles. The smallest absolute Gasteiger partial charge is 0.241 e. The van der Waals surface area contributed by atoms with Crippen LogP contribution in [0.2, 0.25) is 5.15 Å². The van der Waals surface area contributed by atoms with Crippen LogP contribution in [0.5, 0.6) is 0 Å². The third-order valence-corrected chi connectivity index (χ3v) is 4.76. The van der Waals surface area contributed by atoms with Gasteiger partial charge in [-0.1, -0.05) is 23.7 Å². The van der Waals surface area contributed by atoms with E-state index in [1.54, 1.807) is 18.2 Å². The minimum Gasteiger partial charge on any atom is -0.293 e. The molecule has 0 spiro atoms. The van der Waals surface area contributed by atoms with Crippen molar-refractivity contribution in [3.05, 3.63) is 71.4 Å². The van der Waals surface area contributed by atoms with Gasteiger partial charge in [-0.2, -0.15) is 0 Å². The summed E-state index contributed by atoms with van der Waals surface area (Å²) in [5.41, 5.74) is 2.05. The quantitative estimate of drug-likeness (QED) is 0.334. The summed E-state index contributed by atoms with van der Waals surface area (Å²) < 4.78 is 27.4. The molecule has 0 aliphatic carbocycles. The number of nitrogens with one attached hydrogen (secondary N) is 1. The van der Waals surface area contributed by atoms with Crippen molar-refractivity contribution in [3.63, 3.8) is 0 Å². The largest absolute Gasteiger partial charge is 0.293 e. The Balaban J connectivity index is 1.91. The summed E-state index contributed by atoms with van der Waals surface area (Å²) >= 11 is 11.9. The van der Waals surface area contributed by atoms with Crippen LogP contribution in [0, 0.1) is 11.6 Å². The molecule has 30 heavy (non-hydrogen) atoms. The third kappa shape index (κ3) is 4.22. The van der Waals surface area contributed by atoms with Gasteiger partial charge in [-0.05, 0) is 42.5 Å². The van der Waals surface area contributed by atoms with Crippen LogP contribution in [0.1, 0.15) is 0 Å². The van der Waals surface area contributed by atoms with Gasteiger partial charge < -0.3 is 0 Å². The van der Waals surface area contributed by atoms with Crippen molar-refractivity contribution in [3.8, 4) is 22.5 Å². The van der Waals surface area contributed by atoms with E-state index in [1.807, 2.05) is 0 Å². The molecule has 4 aromatic rings. The van der Waals surface area contributed by atoms with E-state index in [-0.39, 0.29) is 17.0 Å². The second-order valence-electron chi connectivity index (χ2n) is 6.32. The zero-order chi connectivity index (χ0) is 21.3. The molecule has 0 bridgehead atoms. The van der Waals surface area contributed by atoms with Crippen molar-refractivity contribution in [1.82, 2.24) is 15.0 Å². The number of alkyl halides is 1. The highest BCUT2D eigenvalue weighted by atomic mass is 35.5. The molecular formula is C21H12Cl2F2N4O. The SMILES string of the molecule is O=C(CCl)Nc1nc(-c2cccc(F)c2)cc(-c2cc3cc(F)ccc3nc2Cl)n1. The molecule has 0 aliphatic heterocycles. The van der Waals surface area contributed by atoms with Crippen LogP contribution in [-0.2, 0) is 4.79 Å². The van der Waals surface area contributed by atoms with E-state index in [0.717, 1.165) is 0 Å². The number of fused-ring (bicyclic) bond motifs is 1. The lowest BCUT2D eigenvalue weighted by atomic mass is 10.1. The van der Waals surface area contributed by atoms with Gasteiger partial charge in [0.2, 0.25) is 11.9 Å². The van der Waals surface area contributed by atoms with Gasteiger partial charge in [0.15, 0.2) is 0 Å². The predicted octanol–water partition coefficient (Wildman–Crippen LogP) is 5.47. The minimum absolute atomic E-state index is 0.0344. The van der Waals surface area contributed by atoms with E-state index < -0.39 is 17.5 Å². The average molecular weight is 445 g/mol. The summed E-state index contributed by atoms with van der Waals surface area (Å²) in [6.45, 7) is 0. The molecule has 5 nitrogen and oxygen atoms in total. The molecule has 150 valence electrons. The lowest BCUT2D eigenvalue weighted by molar-refractivity contribution is -0.114. The van der Waals surface area contributed by atoms with Crippen LogP contribution in [0.4, 0.5) is 14.7 Å². The van der Waals surface area contributed by atoms with E-state index in [4.69, 9.17) is 23.2 Å². The van der Waals surface area contributed by atoms with Gasteiger partial charge in [0.05, 0.1) is 16.9 Å². The van der Waals surface area contributed by atoms with Crippen molar-refractivity contribution in [2.75, 3.05) is 11.2 Å². The molecule has 1 N–H and O–H groups in total. The highest BCUT2D eigenvalue weighted by Crippen LogP contribution is 2.32. The zero-order valence-corrected chi connectivity index (χ0v) is 16.7. The summed E-state index contributed by atoms with van der Waals surface area (Å²) in [5, 5.41) is 3.13. The first kappa shape index (κ1) is 20.1. The number of anilines is 1. The van der Waals surface area contributed by atoms with Crippen LogP contribution in [0.25, 0.3) is 33.4 Å². The molecule has 0 fully saturated rings. The van der Waals surface area contributed by atoms with Crippen molar-refractivity contribution < 1.29 is 13.6 Å². The number of amides is 1. The topological polar surface area (TPSA) is 67.8 Å². The molecule has 1 amide bonds. The van der Waals surface area contributed by atoms with Gasteiger partial charge in [-0.3, -0.25) is 10.1 Å². The van der Waals surface area contributed by atoms with Crippen LogP contribution in [0.15, 0.2) is 54.6 Å². The Labute approximate surface area is 179 Å². The maximum absolute atomic E-state index is 13.7. The number of carbonyl (C=O) groups is 1. The Morgan fingerprint density at radius 1 is 0.933 bits per heavy atom. The molecule has 2 aromatic carbocycles. The standard InChI is InChI=1S/C21H12Cl2F2N4O/c22-10-19(30)29-21-27-17(11-2-1-3-13(24)6-11)9-18(28-21)15-8-12-7-14(25)4-5-16(12)26-20(15)23/h1-9H,10H2,(H,27,28,29,30). The molecule has 0 atom stereocenters. The molecule has 0 aliphatic rings. The predicted molar refractivity (Wildman–Crippen MR) is 112 cm³/mol. The first-order chi connectivity index (χ1) is 14.4. The van der Waals surface area contributed by atoms with E-state index >= 15 is 0 Å². The van der Waals surface area contributed by atoms with Gasteiger partial charge in [0.25, 0.3) is 0 Å². The number of nitrogens with zero attached hydrogens (tertiary/aromatic N) is 3. The Morgan fingerprint density at radius 3 is 2.47 bits per heavy atom. The first-order valence-electron chi connectivity index (χ1n) is 8.70. The third-order valence-electron chi connectivity index (χ3n) is 4.23. The van der Waals surface area contributed by atoms with Crippen LogP contribution >= 0.6 is 23.2 Å². The molecule has 2 heterocycles. The monoisotopic (exact) mass is 444 g/mol. The number of halogens is 4. The fourth-order valence-electron chi connectivity index (χ4n) is 2.90. The Bertz CT molecular complexity index is 1280. The number of aromatic nitrogens is 3. The summed E-state index contributed by atoms with van der Waals surface area (Å²) in [7, 11) is 0. The van der Waals surface area contributed by atoms with Crippen molar-refractivity contribution in [2.45, 2.75) is 0 Å². The first-order valence-corrected chi connectivity index (χ1v) is 9.61. The minimum atomic E-state index is -0.510. The van der Waals surface area contributed by atoms with E-state index in [1.165, 1.54) is 36.4 Å². The van der Waals surface area contributed by atoms with E-state index in [0.29, 0.717) is 33.4 Å². The summed E-state index contributed by atoms with van der Waals surface area (Å²) in [5.74, 6) is -1.70. The second kappa shape index (κ2) is 8.30. The van der Waals surface area contributed by atoms with E-state index in [2.05, 4.69) is 20.3 Å². The molecule has 0 unspecified atom stereocenters. The van der Waals surface area contributed by atoms with Crippen molar-refractivity contribution in [2.24, 2.45) is 0 Å². The van der Waals surface area contributed by atoms with Gasteiger partial charge in [-0.25, -0.2) is 23.7 Å². The van der Waals surface area contributed by atoms with Crippen molar-refractivity contribution >= 4 is 46.0 Å². The fraction of sp³-hybridized carbons (Fsp3) is 0.0476. The summed E-state index contributed by atoms with van der Waals surface area (Å²) in [6, 6.07) is 13.2. The Morgan fingerprint density at radius 2 is 1.70 bits per heavy atom. The summed E-state index contributed by atoms with van der Waals surface area (Å²) in [4.78, 5) is 24.6. The Hall–Kier alpha value is -3.16. The highest BCUT2D eigenvalue weighted by Gasteiger charge is 2.15. The molecular weight excluding hydrogens is 433 g/mol. The van der Waals surface area contributed by atoms with Gasteiger partial charge >= 0.3 is 0 Å². The highest BCUT2D eigenvalue weighted by molar-refractivity contribution is 6.32. The number of benzene rings is 2. The summed E-state index contributed by atoms with van der Waals surface area (Å²) in [6.07, 6.45) is 0. The second-order valence-corrected chi connectivity index (χ2v) is 6.94. The van der Waals surface area contributed by atoms with Gasteiger partial charge in [0, 0.05) is 16.5 Å². The van der Waals surface area contributed by atoms with Crippen molar-refractivity contribution in [1.29, 1.82) is 0 Å². The average Bonchev–Trinajstić information content (AvgIpc) is 2.73. The van der Waals surface area contributed by atoms with E-state index in [9.17, 15) is 13.6 Å². The van der Waals surface area contributed by atoms with Gasteiger partial charge in [-0.15, -0.1) is 11.6 Å². The number of hydrogen-bond donors (Lipinski definition) is 1. The number of carbonyl (C=O) groups excluding carboxylic acids is 1. The molecule has 0 saturated heterocycles. The molecule has 9 heteroatoms. The molecule has 4 rings (SSSR count). The fourth-order valence-corrected chi connectivity index (χ4v) is 3.21. The van der Waals surface area contributed by atoms with Crippen LogP contribution in [0.3, 0.4) is 0 Å². The maximum atomic E-state index is 13.7. The number of hydrogen-bond acceptors (Lipinski definition) is 4. The normalized spacial score (nSPS) is 10.9. The lowest BCUT2D eigenvalue weighted by Gasteiger charge is -2.11. The Kier molecular flexibility index (Phi) is 5.57. The zero-order valence-electron chi connectivity index (χ0n) is 15.2. The molecule has 0 saturated carbocycles. The molecule has 0 radical (unpaired) electrons.